The summed E-state index contributed by atoms with van der Waals surface area (Å²) in [7, 11) is -1.77. The van der Waals surface area contributed by atoms with Gasteiger partial charge in [0.25, 0.3) is 0 Å². The molecule has 17 heavy (non-hydrogen) atoms. The first-order valence-corrected chi connectivity index (χ1v) is 9.45. The third kappa shape index (κ3) is 4.69. The first-order chi connectivity index (χ1) is 8.06. The highest BCUT2D eigenvalue weighted by Crippen LogP contribution is 2.15. The Labute approximate surface area is 106 Å². The number of rotatable bonds is 7. The number of carbonyl (C=O) groups is 1. The van der Waals surface area contributed by atoms with Crippen molar-refractivity contribution in [1.29, 1.82) is 0 Å². The molecule has 0 radical (unpaired) electrons. The third-order valence-electron chi connectivity index (χ3n) is 3.06. The third-order valence-corrected chi connectivity index (χ3v) is 6.11. The molecule has 0 bridgehead atoms. The largest absolute Gasteiger partial charge is 0.305 e. The van der Waals surface area contributed by atoms with Crippen molar-refractivity contribution in [3.05, 3.63) is 48.6 Å². The highest BCUT2D eigenvalue weighted by Gasteiger charge is 2.29. The van der Waals surface area contributed by atoms with Gasteiger partial charge in [-0.3, -0.25) is 0 Å². The van der Waals surface area contributed by atoms with Crippen LogP contribution in [0.4, 0.5) is 0 Å². The number of benzene rings is 1. The van der Waals surface area contributed by atoms with Gasteiger partial charge in [0.05, 0.1) is 0 Å². The lowest BCUT2D eigenvalue weighted by atomic mass is 10.2. The van der Waals surface area contributed by atoms with Gasteiger partial charge in [0.15, 0.2) is 0 Å². The van der Waals surface area contributed by atoms with Crippen molar-refractivity contribution in [3.8, 4) is 0 Å². The van der Waals surface area contributed by atoms with Crippen LogP contribution in [0.25, 0.3) is 0 Å². The van der Waals surface area contributed by atoms with Crippen LogP contribution in [0.3, 0.4) is 0 Å². The van der Waals surface area contributed by atoms with Gasteiger partial charge in [0.1, 0.15) is 13.5 Å². The van der Waals surface area contributed by atoms with Gasteiger partial charge in [-0.1, -0.05) is 55.1 Å². The second kappa shape index (κ2) is 6.55. The van der Waals surface area contributed by atoms with Gasteiger partial charge in [-0.15, -0.1) is 6.58 Å². The van der Waals surface area contributed by atoms with E-state index in [2.05, 4.69) is 31.8 Å². The van der Waals surface area contributed by atoms with E-state index in [0.717, 1.165) is 25.3 Å². The molecule has 0 aliphatic carbocycles. The summed E-state index contributed by atoms with van der Waals surface area (Å²) in [6.07, 6.45) is 4.51. The van der Waals surface area contributed by atoms with Crippen LogP contribution in [0.2, 0.25) is 13.1 Å². The summed E-state index contributed by atoms with van der Waals surface area (Å²) in [5.74, 6) is 0. The Morgan fingerprint density at radius 3 is 2.53 bits per heavy atom. The fourth-order valence-electron chi connectivity index (χ4n) is 1.95. The first-order valence-electron chi connectivity index (χ1n) is 6.24. The summed E-state index contributed by atoms with van der Waals surface area (Å²) in [6.45, 7) is 8.04. The van der Waals surface area contributed by atoms with Crippen molar-refractivity contribution in [1.82, 2.24) is 0 Å². The van der Waals surface area contributed by atoms with Crippen LogP contribution >= 0.6 is 0 Å². The number of allylic oxidation sites excluding steroid dienone is 1. The van der Waals surface area contributed by atoms with Crippen molar-refractivity contribution < 1.29 is 4.79 Å². The van der Waals surface area contributed by atoms with E-state index in [4.69, 9.17) is 0 Å². The molecule has 0 saturated heterocycles. The molecule has 1 nitrogen and oxygen atoms in total. The first kappa shape index (κ1) is 13.9. The quantitative estimate of drug-likeness (QED) is 0.404. The topological polar surface area (TPSA) is 17.1 Å². The number of unbranched alkanes of at least 4 members (excludes halogenated alkanes) is 1. The van der Waals surface area contributed by atoms with E-state index in [0.29, 0.717) is 5.41 Å². The minimum absolute atomic E-state index is 0.489. The average Bonchev–Trinajstić information content (AvgIpc) is 2.30. The SMILES string of the molecule is C=CCCCC(=O)[Si](C)(C)Cc1ccccc1. The summed E-state index contributed by atoms with van der Waals surface area (Å²) in [4.78, 5) is 12.2. The molecule has 0 N–H and O–H groups in total. The molecule has 0 atom stereocenters. The Balaban J connectivity index is 2.55. The van der Waals surface area contributed by atoms with Gasteiger partial charge < -0.3 is 4.79 Å². The van der Waals surface area contributed by atoms with Gasteiger partial charge in [-0.25, -0.2) is 0 Å². The normalized spacial score (nSPS) is 11.2. The maximum absolute atomic E-state index is 12.2. The second-order valence-corrected chi connectivity index (χ2v) is 9.83. The summed E-state index contributed by atoms with van der Waals surface area (Å²) >= 11 is 0. The van der Waals surface area contributed by atoms with Crippen molar-refractivity contribution in [2.75, 3.05) is 0 Å². The zero-order valence-electron chi connectivity index (χ0n) is 10.9. The summed E-state index contributed by atoms with van der Waals surface area (Å²) in [5.41, 5.74) is 1.29. The fourth-order valence-corrected chi connectivity index (χ4v) is 4.26. The van der Waals surface area contributed by atoms with Gasteiger partial charge in [-0.2, -0.15) is 0 Å². The molecule has 1 rings (SSSR count). The Hall–Kier alpha value is -1.15. The van der Waals surface area contributed by atoms with Crippen LogP contribution in [-0.2, 0) is 10.8 Å². The molecule has 0 saturated carbocycles. The van der Waals surface area contributed by atoms with Crippen LogP contribution in [-0.4, -0.2) is 13.5 Å². The molecule has 1 aromatic rings. The lowest BCUT2D eigenvalue weighted by molar-refractivity contribution is -0.112. The fraction of sp³-hybridized carbons (Fsp3) is 0.400. The predicted octanol–water partition coefficient (Wildman–Crippen LogP) is 3.94. The summed E-state index contributed by atoms with van der Waals surface area (Å²) in [6, 6.07) is 11.3. The molecular formula is C15H22OSi. The number of hydrogen-bond donors (Lipinski definition) is 0. The van der Waals surface area contributed by atoms with Crippen LogP contribution < -0.4 is 0 Å². The van der Waals surface area contributed by atoms with E-state index in [1.807, 2.05) is 24.3 Å². The Kier molecular flexibility index (Phi) is 5.36. The summed E-state index contributed by atoms with van der Waals surface area (Å²) < 4.78 is 0. The minimum atomic E-state index is -1.77. The van der Waals surface area contributed by atoms with E-state index in [-0.39, 0.29) is 0 Å². The molecule has 92 valence electrons. The zero-order chi connectivity index (χ0) is 12.7. The maximum Gasteiger partial charge on any atom is 0.131 e. The molecule has 0 aliphatic heterocycles. The Bertz CT molecular complexity index is 368. The molecule has 1 aromatic carbocycles. The molecule has 0 fully saturated rings. The van der Waals surface area contributed by atoms with E-state index in [9.17, 15) is 4.79 Å². The zero-order valence-corrected chi connectivity index (χ0v) is 11.9. The van der Waals surface area contributed by atoms with Crippen LogP contribution in [0, 0.1) is 0 Å². The lowest BCUT2D eigenvalue weighted by Gasteiger charge is -2.20. The molecule has 2 heteroatoms. The molecule has 0 amide bonds. The lowest BCUT2D eigenvalue weighted by Crippen LogP contribution is -2.40. The van der Waals surface area contributed by atoms with Crippen LogP contribution in [0.15, 0.2) is 43.0 Å². The van der Waals surface area contributed by atoms with Gasteiger partial charge >= 0.3 is 0 Å². The van der Waals surface area contributed by atoms with E-state index >= 15 is 0 Å². The highest BCUT2D eigenvalue weighted by atomic mass is 28.3. The second-order valence-electron chi connectivity index (χ2n) is 5.15. The molecular weight excluding hydrogens is 224 g/mol. The number of carbonyl (C=O) groups excluding carboxylic acids is 1. The number of hydrogen-bond acceptors (Lipinski definition) is 1. The van der Waals surface area contributed by atoms with Crippen LogP contribution in [0.1, 0.15) is 24.8 Å². The predicted molar refractivity (Wildman–Crippen MR) is 76.7 cm³/mol. The molecule has 0 heterocycles. The van der Waals surface area contributed by atoms with Gasteiger partial charge in [0.2, 0.25) is 0 Å². The summed E-state index contributed by atoms with van der Waals surface area (Å²) in [5, 5.41) is 0.489. The van der Waals surface area contributed by atoms with Crippen molar-refractivity contribution >= 4 is 13.5 Å². The monoisotopic (exact) mass is 246 g/mol. The van der Waals surface area contributed by atoms with E-state index < -0.39 is 8.07 Å². The smallest absolute Gasteiger partial charge is 0.131 e. The molecule has 0 unspecified atom stereocenters. The minimum Gasteiger partial charge on any atom is -0.305 e. The molecule has 0 aromatic heterocycles. The van der Waals surface area contributed by atoms with Gasteiger partial charge in [0, 0.05) is 6.42 Å². The Morgan fingerprint density at radius 2 is 1.94 bits per heavy atom. The molecule has 0 spiro atoms. The van der Waals surface area contributed by atoms with Crippen molar-refractivity contribution in [2.45, 2.75) is 38.4 Å². The van der Waals surface area contributed by atoms with Crippen LogP contribution in [0.5, 0.6) is 0 Å². The maximum atomic E-state index is 12.2. The van der Waals surface area contributed by atoms with E-state index in [1.165, 1.54) is 5.56 Å². The average molecular weight is 246 g/mol. The van der Waals surface area contributed by atoms with Crippen molar-refractivity contribution in [2.24, 2.45) is 0 Å². The van der Waals surface area contributed by atoms with E-state index in [1.54, 1.807) is 0 Å². The highest BCUT2D eigenvalue weighted by molar-refractivity contribution is 7.03. The Morgan fingerprint density at radius 1 is 1.29 bits per heavy atom. The van der Waals surface area contributed by atoms with Gasteiger partial charge in [-0.05, 0) is 18.9 Å². The van der Waals surface area contributed by atoms with Crippen molar-refractivity contribution in [3.63, 3.8) is 0 Å². The standard InChI is InChI=1S/C15H22OSi/c1-4-5-7-12-15(16)17(2,3)13-14-10-8-6-9-11-14/h4,6,8-11H,1,5,7,12-13H2,2-3H3. The molecule has 0 aliphatic rings.